The zero-order valence-corrected chi connectivity index (χ0v) is 15.1. The first kappa shape index (κ1) is 20.2. The molecule has 4 N–H and O–H groups in total. The smallest absolute Gasteiger partial charge is 0.321 e. The Morgan fingerprint density at radius 2 is 1.92 bits per heavy atom. The first-order chi connectivity index (χ1) is 12.3. The number of halogens is 1. The molecular weight excluding hydrogens is 360 g/mol. The standard InChI is InChI=1S/C17H23ClN4O4/c18-12-2-1-3-13(10-12)20-16(24)11-14(17(25)26)22-8-6-21(7-9-22)5-4-15(19)23/h1-3,10,14H,4-9,11H2,(H2,19,23)(H,20,24)(H,25,26). The predicted octanol–water partition coefficient (Wildman–Crippen LogP) is 0.615. The van der Waals surface area contributed by atoms with Crippen LogP contribution in [0.5, 0.6) is 0 Å². The molecule has 2 rings (SSSR count). The molecule has 9 heteroatoms. The minimum absolute atomic E-state index is 0.150. The van der Waals surface area contributed by atoms with Gasteiger partial charge in [0.2, 0.25) is 11.8 Å². The molecule has 26 heavy (non-hydrogen) atoms. The molecule has 1 heterocycles. The summed E-state index contributed by atoms with van der Waals surface area (Å²) >= 11 is 5.88. The Morgan fingerprint density at radius 3 is 2.50 bits per heavy atom. The maximum absolute atomic E-state index is 12.2. The molecular formula is C17H23ClN4O4. The second kappa shape index (κ2) is 9.51. The summed E-state index contributed by atoms with van der Waals surface area (Å²) in [5.41, 5.74) is 5.68. The zero-order chi connectivity index (χ0) is 19.1. The van der Waals surface area contributed by atoms with Gasteiger partial charge in [0, 0.05) is 49.9 Å². The lowest BCUT2D eigenvalue weighted by Crippen LogP contribution is -2.53. The highest BCUT2D eigenvalue weighted by atomic mass is 35.5. The van der Waals surface area contributed by atoms with E-state index >= 15 is 0 Å². The number of hydrogen-bond donors (Lipinski definition) is 3. The Labute approximate surface area is 156 Å². The number of carbonyl (C=O) groups excluding carboxylic acids is 2. The van der Waals surface area contributed by atoms with Crippen molar-refractivity contribution in [2.75, 3.05) is 38.0 Å². The number of amides is 2. The fourth-order valence-electron chi connectivity index (χ4n) is 2.89. The number of nitrogens with two attached hydrogens (primary N) is 1. The average molecular weight is 383 g/mol. The molecule has 0 aliphatic carbocycles. The number of benzene rings is 1. The van der Waals surface area contributed by atoms with Gasteiger partial charge in [-0.3, -0.25) is 19.3 Å². The van der Waals surface area contributed by atoms with Gasteiger partial charge in [-0.2, -0.15) is 0 Å². The summed E-state index contributed by atoms with van der Waals surface area (Å²) in [6, 6.07) is 5.80. The van der Waals surface area contributed by atoms with Crippen molar-refractivity contribution in [3.8, 4) is 0 Å². The van der Waals surface area contributed by atoms with Crippen LogP contribution in [0.4, 0.5) is 5.69 Å². The van der Waals surface area contributed by atoms with E-state index in [1.807, 2.05) is 0 Å². The van der Waals surface area contributed by atoms with Crippen LogP contribution >= 0.6 is 11.6 Å². The lowest BCUT2D eigenvalue weighted by molar-refractivity contribution is -0.146. The summed E-state index contributed by atoms with van der Waals surface area (Å²) in [7, 11) is 0. The molecule has 0 saturated carbocycles. The van der Waals surface area contributed by atoms with E-state index in [2.05, 4.69) is 10.2 Å². The van der Waals surface area contributed by atoms with Crippen molar-refractivity contribution < 1.29 is 19.5 Å². The van der Waals surface area contributed by atoms with E-state index in [1.54, 1.807) is 29.2 Å². The maximum atomic E-state index is 12.2. The van der Waals surface area contributed by atoms with Crippen LogP contribution in [0, 0.1) is 0 Å². The Hall–Kier alpha value is -2.16. The lowest BCUT2D eigenvalue weighted by Gasteiger charge is -2.37. The van der Waals surface area contributed by atoms with Gasteiger partial charge in [0.05, 0.1) is 6.42 Å². The van der Waals surface area contributed by atoms with Crippen LogP contribution in [0.2, 0.25) is 5.02 Å². The summed E-state index contributed by atoms with van der Waals surface area (Å²) in [5.74, 6) is -1.76. The molecule has 0 spiro atoms. The van der Waals surface area contributed by atoms with Gasteiger partial charge in [0.25, 0.3) is 0 Å². The molecule has 1 atom stereocenters. The van der Waals surface area contributed by atoms with Crippen molar-refractivity contribution in [1.29, 1.82) is 0 Å². The van der Waals surface area contributed by atoms with Crippen molar-refractivity contribution in [3.05, 3.63) is 29.3 Å². The number of carboxylic acids is 1. The molecule has 0 bridgehead atoms. The third kappa shape index (κ3) is 6.29. The first-order valence-corrected chi connectivity index (χ1v) is 8.76. The number of nitrogens with one attached hydrogen (secondary N) is 1. The number of carboxylic acid groups (broad SMARTS) is 1. The van der Waals surface area contributed by atoms with Crippen molar-refractivity contribution in [2.45, 2.75) is 18.9 Å². The Bertz CT molecular complexity index is 662. The minimum atomic E-state index is -1.03. The quantitative estimate of drug-likeness (QED) is 0.606. The molecule has 1 aromatic carbocycles. The highest BCUT2D eigenvalue weighted by Crippen LogP contribution is 2.16. The number of nitrogens with zero attached hydrogens (tertiary/aromatic N) is 2. The van der Waals surface area contributed by atoms with Crippen LogP contribution < -0.4 is 11.1 Å². The number of primary amides is 1. The van der Waals surface area contributed by atoms with Gasteiger partial charge >= 0.3 is 5.97 Å². The van der Waals surface area contributed by atoms with Gasteiger partial charge < -0.3 is 21.1 Å². The summed E-state index contributed by atoms with van der Waals surface area (Å²) in [4.78, 5) is 38.5. The third-order valence-corrected chi connectivity index (χ3v) is 4.53. The van der Waals surface area contributed by atoms with Gasteiger partial charge in [-0.25, -0.2) is 0 Å². The molecule has 0 radical (unpaired) electrons. The molecule has 8 nitrogen and oxygen atoms in total. The summed E-state index contributed by atoms with van der Waals surface area (Å²) < 4.78 is 0. The van der Waals surface area contributed by atoms with E-state index < -0.39 is 12.0 Å². The van der Waals surface area contributed by atoms with Crippen LogP contribution in [0.25, 0.3) is 0 Å². The van der Waals surface area contributed by atoms with Crippen molar-refractivity contribution >= 4 is 35.1 Å². The Morgan fingerprint density at radius 1 is 1.23 bits per heavy atom. The van der Waals surface area contributed by atoms with Crippen molar-refractivity contribution in [3.63, 3.8) is 0 Å². The van der Waals surface area contributed by atoms with E-state index in [1.165, 1.54) is 0 Å². The van der Waals surface area contributed by atoms with Gasteiger partial charge in [-0.05, 0) is 18.2 Å². The van der Waals surface area contributed by atoms with Crippen molar-refractivity contribution in [2.24, 2.45) is 5.73 Å². The van der Waals surface area contributed by atoms with E-state index in [0.717, 1.165) is 0 Å². The summed E-state index contributed by atoms with van der Waals surface area (Å²) in [6.07, 6.45) is 0.132. The summed E-state index contributed by atoms with van der Waals surface area (Å²) in [5, 5.41) is 12.7. The van der Waals surface area contributed by atoms with E-state index in [9.17, 15) is 19.5 Å². The Kier molecular flexibility index (Phi) is 7.38. The highest BCUT2D eigenvalue weighted by molar-refractivity contribution is 6.30. The van der Waals surface area contributed by atoms with Crippen LogP contribution in [0.3, 0.4) is 0 Å². The molecule has 1 saturated heterocycles. The molecule has 2 amide bonds. The molecule has 0 aromatic heterocycles. The fraction of sp³-hybridized carbons (Fsp3) is 0.471. The minimum Gasteiger partial charge on any atom is -0.480 e. The van der Waals surface area contributed by atoms with E-state index in [4.69, 9.17) is 17.3 Å². The average Bonchev–Trinajstić information content (AvgIpc) is 2.58. The number of piperazine rings is 1. The monoisotopic (exact) mass is 382 g/mol. The summed E-state index contributed by atoms with van der Waals surface area (Å²) in [6.45, 7) is 2.86. The number of aliphatic carboxylic acids is 1. The number of anilines is 1. The van der Waals surface area contributed by atoms with Gasteiger partial charge in [-0.15, -0.1) is 0 Å². The third-order valence-electron chi connectivity index (χ3n) is 4.29. The fourth-order valence-corrected chi connectivity index (χ4v) is 3.08. The molecule has 1 unspecified atom stereocenters. The number of rotatable bonds is 8. The van der Waals surface area contributed by atoms with E-state index in [-0.39, 0.29) is 24.7 Å². The number of hydrogen-bond acceptors (Lipinski definition) is 5. The van der Waals surface area contributed by atoms with E-state index in [0.29, 0.717) is 43.4 Å². The second-order valence-corrected chi connectivity index (χ2v) is 6.65. The topological polar surface area (TPSA) is 116 Å². The second-order valence-electron chi connectivity index (χ2n) is 6.21. The van der Waals surface area contributed by atoms with Crippen LogP contribution in [-0.2, 0) is 14.4 Å². The predicted molar refractivity (Wildman–Crippen MR) is 97.9 cm³/mol. The highest BCUT2D eigenvalue weighted by Gasteiger charge is 2.30. The van der Waals surface area contributed by atoms with Crippen molar-refractivity contribution in [1.82, 2.24) is 9.80 Å². The molecule has 1 fully saturated rings. The molecule has 1 aliphatic rings. The molecule has 1 aliphatic heterocycles. The first-order valence-electron chi connectivity index (χ1n) is 8.38. The molecule has 142 valence electrons. The zero-order valence-electron chi connectivity index (χ0n) is 14.4. The lowest BCUT2D eigenvalue weighted by atomic mass is 10.1. The van der Waals surface area contributed by atoms with Gasteiger partial charge in [-0.1, -0.05) is 17.7 Å². The van der Waals surface area contributed by atoms with Crippen LogP contribution in [0.15, 0.2) is 24.3 Å². The maximum Gasteiger partial charge on any atom is 0.321 e. The van der Waals surface area contributed by atoms with Crippen LogP contribution in [0.1, 0.15) is 12.8 Å². The molecule has 1 aromatic rings. The Balaban J connectivity index is 1.87. The number of carbonyl (C=O) groups is 3. The van der Waals surface area contributed by atoms with Crippen LogP contribution in [-0.4, -0.2) is 71.5 Å². The van der Waals surface area contributed by atoms with Gasteiger partial charge in [0.15, 0.2) is 0 Å². The normalized spacial score (nSPS) is 16.8. The van der Waals surface area contributed by atoms with Gasteiger partial charge in [0.1, 0.15) is 6.04 Å². The SMILES string of the molecule is NC(=O)CCN1CCN(C(CC(=O)Nc2cccc(Cl)c2)C(=O)O)CC1. The largest absolute Gasteiger partial charge is 0.480 e.